The minimum Gasteiger partial charge on any atom is -0.481 e. The molecular formula is C24H24N4O. The van der Waals surface area contributed by atoms with E-state index >= 15 is 0 Å². The van der Waals surface area contributed by atoms with Crippen LogP contribution < -0.4 is 4.74 Å². The van der Waals surface area contributed by atoms with E-state index in [4.69, 9.17) is 9.72 Å². The highest BCUT2D eigenvalue weighted by Crippen LogP contribution is 2.34. The molecule has 1 aliphatic rings. The first-order valence-corrected chi connectivity index (χ1v) is 10.2. The Kier molecular flexibility index (Phi) is 4.72. The van der Waals surface area contributed by atoms with Gasteiger partial charge >= 0.3 is 0 Å². The molecule has 146 valence electrons. The highest BCUT2D eigenvalue weighted by molar-refractivity contribution is 5.87. The number of methoxy groups -OCH3 is 1. The number of aromatic nitrogens is 4. The fourth-order valence-corrected chi connectivity index (χ4v) is 4.28. The maximum atomic E-state index is 5.40. The molecule has 29 heavy (non-hydrogen) atoms. The second-order valence-corrected chi connectivity index (χ2v) is 7.76. The maximum Gasteiger partial charge on any atom is 0.213 e. The number of hydrogen-bond acceptors (Lipinski definition) is 4. The summed E-state index contributed by atoms with van der Waals surface area (Å²) in [6.07, 6.45) is 11.2. The minimum absolute atomic E-state index is 0.600. The lowest BCUT2D eigenvalue weighted by Gasteiger charge is -2.11. The molecule has 3 heterocycles. The molecule has 3 aromatic heterocycles. The Morgan fingerprint density at radius 3 is 2.83 bits per heavy atom. The molecule has 1 aliphatic carbocycles. The zero-order valence-electron chi connectivity index (χ0n) is 16.6. The van der Waals surface area contributed by atoms with Crippen LogP contribution in [0.15, 0.2) is 61.1 Å². The number of rotatable bonds is 5. The Labute approximate surface area is 170 Å². The van der Waals surface area contributed by atoms with Crippen molar-refractivity contribution in [1.82, 2.24) is 19.7 Å². The van der Waals surface area contributed by atoms with E-state index in [2.05, 4.69) is 51.3 Å². The average Bonchev–Trinajstić information content (AvgIpc) is 3.45. The molecule has 5 rings (SSSR count). The summed E-state index contributed by atoms with van der Waals surface area (Å²) < 4.78 is 7.49. The summed E-state index contributed by atoms with van der Waals surface area (Å²) in [5.41, 5.74) is 5.00. The molecule has 1 saturated carbocycles. The largest absolute Gasteiger partial charge is 0.481 e. The van der Waals surface area contributed by atoms with Crippen LogP contribution in [0.3, 0.4) is 0 Å². The molecule has 0 unspecified atom stereocenters. The van der Waals surface area contributed by atoms with Crippen LogP contribution in [0.5, 0.6) is 5.88 Å². The second kappa shape index (κ2) is 7.66. The van der Waals surface area contributed by atoms with Crippen molar-refractivity contribution < 1.29 is 4.74 Å². The summed E-state index contributed by atoms with van der Waals surface area (Å²) in [5.74, 6) is 1.35. The fraction of sp³-hybridized carbons (Fsp3) is 0.292. The van der Waals surface area contributed by atoms with Gasteiger partial charge in [-0.15, -0.1) is 0 Å². The minimum atomic E-state index is 0.600. The van der Waals surface area contributed by atoms with E-state index < -0.39 is 0 Å². The number of nitrogens with zero attached hydrogens (tertiary/aromatic N) is 4. The standard InChI is InChI=1S/C24H24N4O/c1-29-23-11-10-21(20-14-26-28(16-20)15-17-5-2-3-6-17)24(27-23)19-9-8-18-7-4-12-25-22(18)13-19/h4,7-14,16-17H,2-3,5-6,15H2,1H3. The van der Waals surface area contributed by atoms with Crippen LogP contribution >= 0.6 is 0 Å². The van der Waals surface area contributed by atoms with Gasteiger partial charge in [0.1, 0.15) is 0 Å². The van der Waals surface area contributed by atoms with Crippen LogP contribution in [0, 0.1) is 5.92 Å². The van der Waals surface area contributed by atoms with Crippen molar-refractivity contribution in [2.24, 2.45) is 5.92 Å². The first kappa shape index (κ1) is 17.9. The van der Waals surface area contributed by atoms with Gasteiger partial charge in [-0.2, -0.15) is 5.10 Å². The molecule has 0 N–H and O–H groups in total. The van der Waals surface area contributed by atoms with Crippen molar-refractivity contribution >= 4 is 10.9 Å². The monoisotopic (exact) mass is 384 g/mol. The molecule has 0 spiro atoms. The highest BCUT2D eigenvalue weighted by Gasteiger charge is 2.17. The lowest BCUT2D eigenvalue weighted by Crippen LogP contribution is -2.07. The van der Waals surface area contributed by atoms with Crippen LogP contribution in [0.25, 0.3) is 33.3 Å². The third-order valence-corrected chi connectivity index (χ3v) is 5.82. The molecule has 5 heteroatoms. The summed E-state index contributed by atoms with van der Waals surface area (Å²) in [6, 6.07) is 14.3. The average molecular weight is 384 g/mol. The highest BCUT2D eigenvalue weighted by atomic mass is 16.5. The molecule has 1 aromatic carbocycles. The van der Waals surface area contributed by atoms with Crippen LogP contribution in [0.4, 0.5) is 0 Å². The molecule has 0 amide bonds. The van der Waals surface area contributed by atoms with Gasteiger partial charge in [-0.1, -0.05) is 31.0 Å². The summed E-state index contributed by atoms with van der Waals surface area (Å²) in [7, 11) is 1.65. The van der Waals surface area contributed by atoms with E-state index in [-0.39, 0.29) is 0 Å². The summed E-state index contributed by atoms with van der Waals surface area (Å²) in [4.78, 5) is 9.27. The van der Waals surface area contributed by atoms with Gasteiger partial charge in [0.05, 0.1) is 24.5 Å². The van der Waals surface area contributed by atoms with Crippen molar-refractivity contribution in [1.29, 1.82) is 0 Å². The Bertz CT molecular complexity index is 1140. The molecule has 0 saturated heterocycles. The van der Waals surface area contributed by atoms with Gasteiger partial charge in [0, 0.05) is 47.1 Å². The predicted octanol–water partition coefficient (Wildman–Crippen LogP) is 5.36. The Morgan fingerprint density at radius 1 is 1.07 bits per heavy atom. The zero-order valence-corrected chi connectivity index (χ0v) is 16.6. The molecule has 4 aromatic rings. The van der Waals surface area contributed by atoms with Gasteiger partial charge in [0.15, 0.2) is 0 Å². The van der Waals surface area contributed by atoms with E-state index in [0.29, 0.717) is 5.88 Å². The van der Waals surface area contributed by atoms with E-state index in [1.54, 1.807) is 7.11 Å². The third kappa shape index (κ3) is 3.60. The fourth-order valence-electron chi connectivity index (χ4n) is 4.28. The summed E-state index contributed by atoms with van der Waals surface area (Å²) in [6.45, 7) is 0.999. The van der Waals surface area contributed by atoms with Gasteiger partial charge in [0.2, 0.25) is 5.88 Å². The lowest BCUT2D eigenvalue weighted by atomic mass is 10.0. The lowest BCUT2D eigenvalue weighted by molar-refractivity contribution is 0.398. The van der Waals surface area contributed by atoms with Crippen molar-refractivity contribution in [2.45, 2.75) is 32.2 Å². The van der Waals surface area contributed by atoms with Gasteiger partial charge in [-0.05, 0) is 37.0 Å². The zero-order chi connectivity index (χ0) is 19.6. The van der Waals surface area contributed by atoms with Crippen LogP contribution in [0.1, 0.15) is 25.7 Å². The number of fused-ring (bicyclic) bond motifs is 1. The van der Waals surface area contributed by atoms with Crippen molar-refractivity contribution in [3.05, 3.63) is 61.1 Å². The summed E-state index contributed by atoms with van der Waals surface area (Å²) >= 11 is 0. The van der Waals surface area contributed by atoms with Gasteiger partial charge in [-0.25, -0.2) is 4.98 Å². The van der Waals surface area contributed by atoms with Crippen LogP contribution in [0.2, 0.25) is 0 Å². The van der Waals surface area contributed by atoms with E-state index in [9.17, 15) is 0 Å². The number of pyridine rings is 2. The van der Waals surface area contributed by atoms with Crippen LogP contribution in [-0.2, 0) is 6.54 Å². The number of benzene rings is 1. The number of hydrogen-bond donors (Lipinski definition) is 0. The van der Waals surface area contributed by atoms with E-state index in [1.165, 1.54) is 25.7 Å². The maximum absolute atomic E-state index is 5.40. The normalized spacial score (nSPS) is 14.5. The molecule has 1 fully saturated rings. The predicted molar refractivity (Wildman–Crippen MR) is 115 cm³/mol. The molecule has 0 radical (unpaired) electrons. The quantitative estimate of drug-likeness (QED) is 0.465. The van der Waals surface area contributed by atoms with Gasteiger partial charge < -0.3 is 4.74 Å². The second-order valence-electron chi connectivity index (χ2n) is 7.76. The van der Waals surface area contributed by atoms with Gasteiger partial charge in [0.25, 0.3) is 0 Å². The molecule has 0 aliphatic heterocycles. The topological polar surface area (TPSA) is 52.8 Å². The molecule has 5 nitrogen and oxygen atoms in total. The molecular weight excluding hydrogens is 360 g/mol. The van der Waals surface area contributed by atoms with E-state index in [1.807, 2.05) is 24.5 Å². The molecule has 0 bridgehead atoms. The SMILES string of the molecule is COc1ccc(-c2cnn(CC3CCCC3)c2)c(-c2ccc3cccnc3c2)n1. The van der Waals surface area contributed by atoms with Crippen molar-refractivity contribution in [3.63, 3.8) is 0 Å². The van der Waals surface area contributed by atoms with Gasteiger partial charge in [-0.3, -0.25) is 9.67 Å². The smallest absolute Gasteiger partial charge is 0.213 e. The first-order valence-electron chi connectivity index (χ1n) is 10.2. The molecule has 0 atom stereocenters. The summed E-state index contributed by atoms with van der Waals surface area (Å²) in [5, 5.41) is 5.74. The third-order valence-electron chi connectivity index (χ3n) is 5.82. The Hall–Kier alpha value is -3.21. The van der Waals surface area contributed by atoms with Crippen LogP contribution in [-0.4, -0.2) is 26.9 Å². The van der Waals surface area contributed by atoms with Crippen molar-refractivity contribution in [3.8, 4) is 28.3 Å². The van der Waals surface area contributed by atoms with Crippen molar-refractivity contribution in [2.75, 3.05) is 7.11 Å². The first-order chi connectivity index (χ1) is 14.3. The number of ether oxygens (including phenoxy) is 1. The Balaban J connectivity index is 1.55. The Morgan fingerprint density at radius 2 is 1.97 bits per heavy atom. The van der Waals surface area contributed by atoms with E-state index in [0.717, 1.165) is 45.7 Å².